The summed E-state index contributed by atoms with van der Waals surface area (Å²) in [5.74, 6) is -1.47. The van der Waals surface area contributed by atoms with E-state index in [0.29, 0.717) is 5.56 Å². The summed E-state index contributed by atoms with van der Waals surface area (Å²) in [7, 11) is 0. The fourth-order valence-electron chi connectivity index (χ4n) is 3.41. The zero-order chi connectivity index (χ0) is 20.2. The molecule has 0 saturated carbocycles. The first-order chi connectivity index (χ1) is 14.1. The molecule has 0 bridgehead atoms. The third-order valence-corrected chi connectivity index (χ3v) is 4.96. The van der Waals surface area contributed by atoms with Gasteiger partial charge in [0, 0.05) is 29.1 Å². The second-order valence-corrected chi connectivity index (χ2v) is 6.87. The molecule has 4 aromatic rings. The monoisotopic (exact) mass is 384 g/mol. The van der Waals surface area contributed by atoms with Gasteiger partial charge in [0.1, 0.15) is 6.04 Å². The number of hydrogen-bond acceptors (Lipinski definition) is 2. The number of carbonyl (C=O) groups excluding carboxylic acids is 1. The molecular weight excluding hydrogens is 364 g/mol. The number of nitrogens with one attached hydrogen (secondary N) is 2. The molecule has 3 N–H and O–H groups in total. The maximum absolute atomic E-state index is 12.6. The highest BCUT2D eigenvalue weighted by Gasteiger charge is 2.22. The Morgan fingerprint density at radius 1 is 0.862 bits per heavy atom. The highest BCUT2D eigenvalue weighted by atomic mass is 16.4. The largest absolute Gasteiger partial charge is 0.480 e. The summed E-state index contributed by atoms with van der Waals surface area (Å²) < 4.78 is 0. The molecule has 3 aromatic carbocycles. The van der Waals surface area contributed by atoms with Crippen LogP contribution in [0.2, 0.25) is 0 Å². The number of amides is 1. The van der Waals surface area contributed by atoms with Gasteiger partial charge in [-0.25, -0.2) is 4.79 Å². The highest BCUT2D eigenvalue weighted by molar-refractivity contribution is 5.97. The van der Waals surface area contributed by atoms with E-state index in [1.807, 2.05) is 66.7 Å². The first-order valence-electron chi connectivity index (χ1n) is 9.36. The first kappa shape index (κ1) is 18.5. The van der Waals surface area contributed by atoms with E-state index in [0.717, 1.165) is 27.6 Å². The van der Waals surface area contributed by atoms with Crippen LogP contribution >= 0.6 is 0 Å². The molecule has 1 aromatic heterocycles. The molecule has 0 saturated heterocycles. The third-order valence-electron chi connectivity index (χ3n) is 4.96. The van der Waals surface area contributed by atoms with Gasteiger partial charge in [0.05, 0.1) is 0 Å². The summed E-state index contributed by atoms with van der Waals surface area (Å²) in [4.78, 5) is 27.5. The Labute approximate surface area is 168 Å². The molecule has 0 aliphatic carbocycles. The van der Waals surface area contributed by atoms with Crippen molar-refractivity contribution in [2.75, 3.05) is 0 Å². The molecule has 1 heterocycles. The minimum Gasteiger partial charge on any atom is -0.480 e. The van der Waals surface area contributed by atoms with Gasteiger partial charge in [0.2, 0.25) is 0 Å². The summed E-state index contributed by atoms with van der Waals surface area (Å²) in [5, 5.41) is 13.2. The molecule has 0 unspecified atom stereocenters. The second kappa shape index (κ2) is 8.02. The normalized spacial score (nSPS) is 11.9. The lowest BCUT2D eigenvalue weighted by atomic mass is 10.0. The molecule has 0 aliphatic rings. The third kappa shape index (κ3) is 4.04. The number of para-hydroxylation sites is 1. The van der Waals surface area contributed by atoms with Crippen molar-refractivity contribution in [2.45, 2.75) is 12.5 Å². The number of carbonyl (C=O) groups is 2. The van der Waals surface area contributed by atoms with Crippen molar-refractivity contribution >= 4 is 22.8 Å². The molecule has 1 amide bonds. The number of benzene rings is 3. The molecule has 1 atom stereocenters. The van der Waals surface area contributed by atoms with E-state index in [9.17, 15) is 14.7 Å². The number of carboxylic acids is 1. The fourth-order valence-corrected chi connectivity index (χ4v) is 3.41. The predicted octanol–water partition coefficient (Wildman–Crippen LogP) is 4.26. The Morgan fingerprint density at radius 3 is 2.24 bits per heavy atom. The average Bonchev–Trinajstić information content (AvgIpc) is 3.17. The average molecular weight is 384 g/mol. The van der Waals surface area contributed by atoms with Crippen LogP contribution in [-0.2, 0) is 11.2 Å². The minimum absolute atomic E-state index is 0.202. The summed E-state index contributed by atoms with van der Waals surface area (Å²) in [6, 6.07) is 23.7. The molecule has 0 spiro atoms. The summed E-state index contributed by atoms with van der Waals surface area (Å²) in [5.41, 5.74) is 4.27. The van der Waals surface area contributed by atoms with Crippen LogP contribution in [0.15, 0.2) is 85.1 Å². The summed E-state index contributed by atoms with van der Waals surface area (Å²) in [6.07, 6.45) is 1.99. The molecule has 5 heteroatoms. The Morgan fingerprint density at radius 2 is 1.52 bits per heavy atom. The molecule has 29 heavy (non-hydrogen) atoms. The second-order valence-electron chi connectivity index (χ2n) is 6.87. The van der Waals surface area contributed by atoms with E-state index < -0.39 is 17.9 Å². The van der Waals surface area contributed by atoms with Gasteiger partial charge in [-0.05, 0) is 34.9 Å². The van der Waals surface area contributed by atoms with Gasteiger partial charge in [-0.15, -0.1) is 0 Å². The standard InChI is InChI=1S/C24H20N2O3/c27-23(18-12-10-17(11-13-18)16-6-2-1-3-7-16)26-22(24(28)29)14-19-15-25-21-9-5-4-8-20(19)21/h1-13,15,22,25H,14H2,(H,26,27)(H,28,29)/t22-/m0/s1. The van der Waals surface area contributed by atoms with E-state index >= 15 is 0 Å². The quantitative estimate of drug-likeness (QED) is 0.464. The van der Waals surface area contributed by atoms with Crippen LogP contribution < -0.4 is 5.32 Å². The number of H-pyrrole nitrogens is 1. The molecule has 0 fully saturated rings. The van der Waals surface area contributed by atoms with Crippen molar-refractivity contribution in [3.8, 4) is 11.1 Å². The molecule has 144 valence electrons. The van der Waals surface area contributed by atoms with Crippen LogP contribution in [0.5, 0.6) is 0 Å². The van der Waals surface area contributed by atoms with E-state index in [1.165, 1.54) is 0 Å². The molecule has 4 rings (SSSR count). The van der Waals surface area contributed by atoms with Gasteiger partial charge >= 0.3 is 5.97 Å². The first-order valence-corrected chi connectivity index (χ1v) is 9.36. The van der Waals surface area contributed by atoms with E-state index in [2.05, 4.69) is 10.3 Å². The van der Waals surface area contributed by atoms with Crippen LogP contribution in [0.25, 0.3) is 22.0 Å². The van der Waals surface area contributed by atoms with Crippen molar-refractivity contribution in [1.82, 2.24) is 10.3 Å². The molecule has 0 aliphatic heterocycles. The van der Waals surface area contributed by atoms with Crippen LogP contribution in [0.4, 0.5) is 0 Å². The Bertz CT molecular complexity index is 1150. The van der Waals surface area contributed by atoms with Gasteiger partial charge in [0.15, 0.2) is 0 Å². The van der Waals surface area contributed by atoms with E-state index in [4.69, 9.17) is 0 Å². The summed E-state index contributed by atoms with van der Waals surface area (Å²) >= 11 is 0. The van der Waals surface area contributed by atoms with Gasteiger partial charge in [0.25, 0.3) is 5.91 Å². The number of fused-ring (bicyclic) bond motifs is 1. The van der Waals surface area contributed by atoms with Crippen molar-refractivity contribution in [3.05, 3.63) is 96.2 Å². The van der Waals surface area contributed by atoms with Gasteiger partial charge in [-0.3, -0.25) is 4.79 Å². The van der Waals surface area contributed by atoms with Crippen LogP contribution in [0, 0.1) is 0 Å². The SMILES string of the molecule is O=C(N[C@@H](Cc1c[nH]c2ccccc12)C(=O)O)c1ccc(-c2ccccc2)cc1. The van der Waals surface area contributed by atoms with E-state index in [1.54, 1.807) is 18.3 Å². The molecule has 0 radical (unpaired) electrons. The Kier molecular flexibility index (Phi) is 5.12. The number of aliphatic carboxylic acids is 1. The minimum atomic E-state index is -1.07. The molecular formula is C24H20N2O3. The summed E-state index contributed by atoms with van der Waals surface area (Å²) in [6.45, 7) is 0. The lowest BCUT2D eigenvalue weighted by Crippen LogP contribution is -2.42. The van der Waals surface area contributed by atoms with Crippen molar-refractivity contribution < 1.29 is 14.7 Å². The zero-order valence-corrected chi connectivity index (χ0v) is 15.6. The number of aromatic amines is 1. The molecule has 5 nitrogen and oxygen atoms in total. The van der Waals surface area contributed by atoms with Gasteiger partial charge in [-0.1, -0.05) is 60.7 Å². The fraction of sp³-hybridized carbons (Fsp3) is 0.0833. The topological polar surface area (TPSA) is 82.2 Å². The van der Waals surface area contributed by atoms with Crippen LogP contribution in [0.1, 0.15) is 15.9 Å². The van der Waals surface area contributed by atoms with E-state index in [-0.39, 0.29) is 6.42 Å². The number of hydrogen-bond donors (Lipinski definition) is 3. The smallest absolute Gasteiger partial charge is 0.326 e. The maximum Gasteiger partial charge on any atom is 0.326 e. The van der Waals surface area contributed by atoms with Gasteiger partial charge < -0.3 is 15.4 Å². The van der Waals surface area contributed by atoms with Gasteiger partial charge in [-0.2, -0.15) is 0 Å². The number of aromatic nitrogens is 1. The number of rotatable bonds is 6. The maximum atomic E-state index is 12.6. The predicted molar refractivity (Wildman–Crippen MR) is 113 cm³/mol. The Hall–Kier alpha value is -3.86. The Balaban J connectivity index is 1.49. The lowest BCUT2D eigenvalue weighted by Gasteiger charge is -2.14. The van der Waals surface area contributed by atoms with Crippen molar-refractivity contribution in [3.63, 3.8) is 0 Å². The van der Waals surface area contributed by atoms with Crippen LogP contribution in [0.3, 0.4) is 0 Å². The zero-order valence-electron chi connectivity index (χ0n) is 15.6. The lowest BCUT2D eigenvalue weighted by molar-refractivity contribution is -0.139. The van der Waals surface area contributed by atoms with Crippen molar-refractivity contribution in [1.29, 1.82) is 0 Å². The van der Waals surface area contributed by atoms with Crippen molar-refractivity contribution in [2.24, 2.45) is 0 Å². The highest BCUT2D eigenvalue weighted by Crippen LogP contribution is 2.21. The number of carboxylic acid groups (broad SMARTS) is 1. The van der Waals surface area contributed by atoms with Crippen LogP contribution in [-0.4, -0.2) is 28.0 Å².